The highest BCUT2D eigenvalue weighted by atomic mass is 16.2. The van der Waals surface area contributed by atoms with Gasteiger partial charge in [0, 0.05) is 19.6 Å². The van der Waals surface area contributed by atoms with Crippen LogP contribution in [-0.4, -0.2) is 84.3 Å². The molecule has 1 heterocycles. The first-order valence-corrected chi connectivity index (χ1v) is 15.6. The normalized spacial score (nSPS) is 30.3. The van der Waals surface area contributed by atoms with Crippen molar-refractivity contribution in [1.82, 2.24) is 14.7 Å². The van der Waals surface area contributed by atoms with Gasteiger partial charge in [-0.25, -0.2) is 43.8 Å². The van der Waals surface area contributed by atoms with Gasteiger partial charge in [-0.05, 0) is 113 Å². The highest BCUT2D eigenvalue weighted by Gasteiger charge is 2.43. The highest BCUT2D eigenvalue weighted by Crippen LogP contribution is 2.36. The molecule has 0 atom stereocenters. The van der Waals surface area contributed by atoms with Crippen molar-refractivity contribution in [1.29, 1.82) is 0 Å². The molecule has 0 aromatic heterocycles. The second-order valence-electron chi connectivity index (χ2n) is 12.8. The van der Waals surface area contributed by atoms with E-state index in [1.807, 2.05) is 0 Å². The van der Waals surface area contributed by atoms with E-state index in [0.717, 1.165) is 77.0 Å². The predicted molar refractivity (Wildman–Crippen MR) is 155 cm³/mol. The van der Waals surface area contributed by atoms with Crippen molar-refractivity contribution in [2.75, 3.05) is 39.3 Å². The number of urea groups is 2. The number of amides is 4. The number of hydrogen-bond donors (Lipinski definition) is 0. The molecule has 4 aliphatic rings. The van der Waals surface area contributed by atoms with E-state index in [0.29, 0.717) is 74.7 Å². The van der Waals surface area contributed by atoms with Crippen LogP contribution in [0, 0.1) is 35.5 Å². The summed E-state index contributed by atoms with van der Waals surface area (Å²) in [5.74, 6) is 2.37. The number of carbonyl (C=O) groups excluding carboxylic acids is 5. The number of nitrogens with zero attached hydrogens (tertiary/aromatic N) is 6. The lowest BCUT2D eigenvalue weighted by molar-refractivity contribution is 0.0810. The van der Waals surface area contributed by atoms with Crippen LogP contribution in [0.15, 0.2) is 27.4 Å². The maximum absolute atomic E-state index is 13.9. The lowest BCUT2D eigenvalue weighted by Crippen LogP contribution is -2.61. The summed E-state index contributed by atoms with van der Waals surface area (Å²) in [5, 5.41) is 0. The van der Waals surface area contributed by atoms with Gasteiger partial charge in [0.2, 0.25) is 18.2 Å². The molecule has 11 nitrogen and oxygen atoms in total. The molecule has 0 aromatic carbocycles. The monoisotopic (exact) mass is 580 g/mol. The van der Waals surface area contributed by atoms with Gasteiger partial charge in [-0.1, -0.05) is 6.58 Å². The largest absolute Gasteiger partial charge is 0.333 e. The first-order chi connectivity index (χ1) is 20.4. The minimum Gasteiger partial charge on any atom is -0.279 e. The Morgan fingerprint density at radius 2 is 0.762 bits per heavy atom. The summed E-state index contributed by atoms with van der Waals surface area (Å²) >= 11 is 0. The predicted octanol–water partition coefficient (Wildman–Crippen LogP) is 5.04. The molecule has 3 saturated carbocycles. The van der Waals surface area contributed by atoms with Crippen LogP contribution in [0.1, 0.15) is 77.0 Å². The van der Waals surface area contributed by atoms with Gasteiger partial charge in [-0.2, -0.15) is 0 Å². The molecule has 0 spiro atoms. The van der Waals surface area contributed by atoms with Crippen molar-refractivity contribution in [2.24, 2.45) is 50.5 Å². The summed E-state index contributed by atoms with van der Waals surface area (Å²) in [6, 6.07) is -0.561. The van der Waals surface area contributed by atoms with Gasteiger partial charge in [0.15, 0.2) is 0 Å². The lowest BCUT2D eigenvalue weighted by atomic mass is 9.81. The Labute approximate surface area is 248 Å². The summed E-state index contributed by atoms with van der Waals surface area (Å²) in [6.07, 6.45) is 16.0. The van der Waals surface area contributed by atoms with Gasteiger partial charge in [-0.15, -0.1) is 0 Å². The smallest absolute Gasteiger partial charge is 0.279 e. The summed E-state index contributed by atoms with van der Waals surface area (Å²) in [4.78, 5) is 75.4. The fraction of sp³-hybridized carbons (Fsp3) is 0.774. The van der Waals surface area contributed by atoms with E-state index in [-0.39, 0.29) is 18.0 Å². The summed E-state index contributed by atoms with van der Waals surface area (Å²) in [7, 11) is 0. The van der Waals surface area contributed by atoms with E-state index in [1.54, 1.807) is 28.0 Å². The van der Waals surface area contributed by atoms with Gasteiger partial charge in [0.05, 0.1) is 19.6 Å². The van der Waals surface area contributed by atoms with Gasteiger partial charge in [0.1, 0.15) is 5.82 Å². The van der Waals surface area contributed by atoms with Gasteiger partial charge < -0.3 is 0 Å². The quantitative estimate of drug-likeness (QED) is 0.236. The third-order valence-electron chi connectivity index (χ3n) is 10.0. The van der Waals surface area contributed by atoms with Crippen molar-refractivity contribution >= 4 is 30.3 Å². The third-order valence-corrected chi connectivity index (χ3v) is 10.0. The molecule has 4 amide bonds. The fourth-order valence-corrected chi connectivity index (χ4v) is 7.33. The van der Waals surface area contributed by atoms with Crippen LogP contribution >= 0.6 is 0 Å². The second-order valence-corrected chi connectivity index (χ2v) is 12.8. The average Bonchev–Trinajstić information content (AvgIpc) is 3.02. The van der Waals surface area contributed by atoms with Crippen LogP contribution in [0.4, 0.5) is 9.59 Å². The van der Waals surface area contributed by atoms with Crippen molar-refractivity contribution < 1.29 is 24.0 Å². The average molecular weight is 581 g/mol. The molecule has 0 N–H and O–H groups in total. The van der Waals surface area contributed by atoms with E-state index in [2.05, 4.69) is 21.6 Å². The number of hydrogen-bond acceptors (Lipinski definition) is 8. The third kappa shape index (κ3) is 8.34. The molecule has 228 valence electrons. The van der Waals surface area contributed by atoms with Crippen LogP contribution in [0.5, 0.6) is 0 Å². The number of isocyanates is 3. The fourth-order valence-electron chi connectivity index (χ4n) is 7.33. The molecule has 3 aliphatic carbocycles. The van der Waals surface area contributed by atoms with Crippen molar-refractivity contribution in [2.45, 2.75) is 77.0 Å². The maximum atomic E-state index is 13.9. The van der Waals surface area contributed by atoms with E-state index >= 15 is 0 Å². The molecule has 42 heavy (non-hydrogen) atoms. The lowest BCUT2D eigenvalue weighted by Gasteiger charge is -2.46. The van der Waals surface area contributed by atoms with Gasteiger partial charge in [-0.3, -0.25) is 9.80 Å². The van der Waals surface area contributed by atoms with E-state index < -0.39 is 0 Å². The van der Waals surface area contributed by atoms with E-state index in [4.69, 9.17) is 0 Å². The standard InChI is InChI=1S/C31H44N6O5/c1-23-35(17-27-8-2-24(3-9-27)14-32-20-38)30(41)37(19-29-12-6-26(7-13-29)16-34-22-40)31(42)36(23)18-28-10-4-25(5-11-28)15-33-21-39/h24-29H,1-19H2. The molecular weight excluding hydrogens is 536 g/mol. The number of imide groups is 1. The Balaban J connectivity index is 1.43. The summed E-state index contributed by atoms with van der Waals surface area (Å²) in [5.41, 5.74) is 0. The Morgan fingerprint density at radius 1 is 0.500 bits per heavy atom. The minimum absolute atomic E-state index is 0.215. The Kier molecular flexibility index (Phi) is 11.8. The second kappa shape index (κ2) is 15.7. The van der Waals surface area contributed by atoms with Crippen LogP contribution < -0.4 is 0 Å². The topological polar surface area (TPSA) is 132 Å². The number of rotatable bonds is 12. The molecule has 0 unspecified atom stereocenters. The van der Waals surface area contributed by atoms with Crippen LogP contribution in [-0.2, 0) is 14.4 Å². The molecule has 0 aromatic rings. The zero-order valence-electron chi connectivity index (χ0n) is 24.6. The minimum atomic E-state index is -0.281. The van der Waals surface area contributed by atoms with Crippen molar-refractivity contribution in [3.05, 3.63) is 12.4 Å². The van der Waals surface area contributed by atoms with Crippen molar-refractivity contribution in [3.8, 4) is 0 Å². The zero-order valence-corrected chi connectivity index (χ0v) is 24.6. The SMILES string of the molecule is C=C1N(CC2CCC(CN=C=O)CC2)C(=O)N(CC2CCC(CN=C=O)CC2)C(=O)N1CC1CCC(CN=C=O)CC1. The molecule has 1 saturated heterocycles. The maximum Gasteiger partial charge on any atom is 0.333 e. The molecule has 0 radical (unpaired) electrons. The summed E-state index contributed by atoms with van der Waals surface area (Å²) < 4.78 is 0. The van der Waals surface area contributed by atoms with E-state index in [9.17, 15) is 24.0 Å². The molecule has 4 rings (SSSR count). The number of carbonyl (C=O) groups is 2. The summed E-state index contributed by atoms with van der Waals surface area (Å²) in [6.45, 7) is 7.20. The van der Waals surface area contributed by atoms with Crippen LogP contribution in [0.25, 0.3) is 0 Å². The van der Waals surface area contributed by atoms with Crippen LogP contribution in [0.3, 0.4) is 0 Å². The van der Waals surface area contributed by atoms with E-state index in [1.165, 1.54) is 4.90 Å². The van der Waals surface area contributed by atoms with Crippen LogP contribution in [0.2, 0.25) is 0 Å². The molecule has 11 heteroatoms. The molecule has 1 aliphatic heterocycles. The number of aliphatic imine (C=N–C) groups is 3. The Bertz CT molecular complexity index is 945. The molecular formula is C31H44N6O5. The molecule has 4 fully saturated rings. The molecule has 0 bridgehead atoms. The Hall–Kier alpha value is -3.38. The zero-order chi connectivity index (χ0) is 29.9. The highest BCUT2D eigenvalue weighted by molar-refractivity contribution is 5.98. The first kappa shape index (κ1) is 31.6. The van der Waals surface area contributed by atoms with Gasteiger partial charge in [0.25, 0.3) is 0 Å². The Morgan fingerprint density at radius 3 is 1.05 bits per heavy atom. The first-order valence-electron chi connectivity index (χ1n) is 15.6. The van der Waals surface area contributed by atoms with Gasteiger partial charge >= 0.3 is 12.1 Å². The van der Waals surface area contributed by atoms with Crippen molar-refractivity contribution in [3.63, 3.8) is 0 Å².